The number of anilines is 1. The molecule has 0 heterocycles. The van der Waals surface area contributed by atoms with E-state index in [9.17, 15) is 9.59 Å². The van der Waals surface area contributed by atoms with Gasteiger partial charge in [0.2, 0.25) is 0 Å². The molecule has 22 heavy (non-hydrogen) atoms. The number of halogens is 1. The summed E-state index contributed by atoms with van der Waals surface area (Å²) in [6.07, 6.45) is 0. The van der Waals surface area contributed by atoms with E-state index in [0.29, 0.717) is 22.6 Å². The molecule has 1 amide bonds. The summed E-state index contributed by atoms with van der Waals surface area (Å²) in [5.41, 5.74) is 1.40. The van der Waals surface area contributed by atoms with Crippen molar-refractivity contribution in [3.05, 3.63) is 58.1 Å². The fraction of sp³-hybridized carbons (Fsp3) is 0.125. The molecule has 2 aromatic carbocycles. The molecule has 0 fully saturated rings. The lowest BCUT2D eigenvalue weighted by atomic mass is 10.1. The van der Waals surface area contributed by atoms with Crippen molar-refractivity contribution in [3.63, 3.8) is 0 Å². The van der Waals surface area contributed by atoms with Crippen LogP contribution in [0.25, 0.3) is 0 Å². The summed E-state index contributed by atoms with van der Waals surface area (Å²) in [6, 6.07) is 11.6. The van der Waals surface area contributed by atoms with Crippen molar-refractivity contribution in [3.8, 4) is 5.75 Å². The highest BCUT2D eigenvalue weighted by Crippen LogP contribution is 2.24. The lowest BCUT2D eigenvalue weighted by Crippen LogP contribution is -2.13. The van der Waals surface area contributed by atoms with Crippen molar-refractivity contribution >= 4 is 33.5 Å². The summed E-state index contributed by atoms with van der Waals surface area (Å²) in [5.74, 6) is -0.248. The molecule has 0 aliphatic rings. The summed E-state index contributed by atoms with van der Waals surface area (Å²) in [7, 11) is 2.82. The van der Waals surface area contributed by atoms with E-state index in [0.717, 1.165) is 4.47 Å². The van der Waals surface area contributed by atoms with Gasteiger partial charge in [-0.3, -0.25) is 4.79 Å². The van der Waals surface area contributed by atoms with Crippen molar-refractivity contribution in [2.24, 2.45) is 0 Å². The first kappa shape index (κ1) is 16.0. The topological polar surface area (TPSA) is 64.6 Å². The maximum atomic E-state index is 12.3. The smallest absolute Gasteiger partial charge is 0.337 e. The fourth-order valence-corrected chi connectivity index (χ4v) is 2.22. The van der Waals surface area contributed by atoms with Crippen molar-refractivity contribution in [1.29, 1.82) is 0 Å². The van der Waals surface area contributed by atoms with Gasteiger partial charge >= 0.3 is 5.97 Å². The molecule has 1 N–H and O–H groups in total. The number of amides is 1. The van der Waals surface area contributed by atoms with E-state index < -0.39 is 5.97 Å². The SMILES string of the molecule is COC(=O)c1ccc(NC(=O)c2cc(Br)ccc2OC)cc1. The van der Waals surface area contributed by atoms with Crippen LogP contribution in [0.3, 0.4) is 0 Å². The van der Waals surface area contributed by atoms with E-state index in [1.54, 1.807) is 42.5 Å². The highest BCUT2D eigenvalue weighted by Gasteiger charge is 2.13. The zero-order valence-electron chi connectivity index (χ0n) is 12.1. The molecule has 0 atom stereocenters. The van der Waals surface area contributed by atoms with Gasteiger partial charge in [-0.1, -0.05) is 15.9 Å². The number of ether oxygens (including phenoxy) is 2. The molecular weight excluding hydrogens is 350 g/mol. The van der Waals surface area contributed by atoms with Gasteiger partial charge in [-0.25, -0.2) is 4.79 Å². The van der Waals surface area contributed by atoms with Crippen LogP contribution in [0.1, 0.15) is 20.7 Å². The Hall–Kier alpha value is -2.34. The highest BCUT2D eigenvalue weighted by atomic mass is 79.9. The van der Waals surface area contributed by atoms with Gasteiger partial charge in [-0.2, -0.15) is 0 Å². The van der Waals surface area contributed by atoms with Crippen LogP contribution < -0.4 is 10.1 Å². The standard InChI is InChI=1S/C16H14BrNO4/c1-21-14-8-5-11(17)9-13(14)15(19)18-12-6-3-10(4-7-12)16(20)22-2/h3-9H,1-2H3,(H,18,19). The molecule has 6 heteroatoms. The maximum absolute atomic E-state index is 12.3. The van der Waals surface area contributed by atoms with Crippen LogP contribution in [0.15, 0.2) is 46.9 Å². The first-order valence-corrected chi connectivity index (χ1v) is 7.17. The first-order valence-electron chi connectivity index (χ1n) is 6.38. The Morgan fingerprint density at radius 1 is 1.05 bits per heavy atom. The molecule has 0 saturated carbocycles. The lowest BCUT2D eigenvalue weighted by molar-refractivity contribution is 0.0600. The number of carbonyl (C=O) groups is 2. The van der Waals surface area contributed by atoms with Crippen LogP contribution in [-0.4, -0.2) is 26.1 Å². The van der Waals surface area contributed by atoms with Crippen LogP contribution in [0.2, 0.25) is 0 Å². The van der Waals surface area contributed by atoms with Crippen molar-refractivity contribution in [2.45, 2.75) is 0 Å². The van der Waals surface area contributed by atoms with E-state index >= 15 is 0 Å². The number of hydrogen-bond donors (Lipinski definition) is 1. The summed E-state index contributed by atoms with van der Waals surface area (Å²) in [5, 5.41) is 2.75. The Bertz CT molecular complexity index is 698. The Morgan fingerprint density at radius 3 is 2.32 bits per heavy atom. The quantitative estimate of drug-likeness (QED) is 0.844. The maximum Gasteiger partial charge on any atom is 0.337 e. The number of rotatable bonds is 4. The number of benzene rings is 2. The van der Waals surface area contributed by atoms with E-state index in [1.807, 2.05) is 0 Å². The number of hydrogen-bond acceptors (Lipinski definition) is 4. The molecule has 0 aromatic heterocycles. The summed E-state index contributed by atoms with van der Waals surface area (Å²) >= 11 is 3.33. The molecule has 0 saturated heterocycles. The third-order valence-corrected chi connectivity index (χ3v) is 3.46. The molecule has 0 aliphatic carbocycles. The second kappa shape index (κ2) is 7.09. The third-order valence-electron chi connectivity index (χ3n) is 2.97. The van der Waals surface area contributed by atoms with Crippen molar-refractivity contribution in [1.82, 2.24) is 0 Å². The van der Waals surface area contributed by atoms with E-state index in [4.69, 9.17) is 4.74 Å². The van der Waals surface area contributed by atoms with Crippen molar-refractivity contribution in [2.75, 3.05) is 19.5 Å². The third kappa shape index (κ3) is 3.65. The second-order valence-electron chi connectivity index (χ2n) is 4.37. The second-order valence-corrected chi connectivity index (χ2v) is 5.28. The highest BCUT2D eigenvalue weighted by molar-refractivity contribution is 9.10. The largest absolute Gasteiger partial charge is 0.496 e. The van der Waals surface area contributed by atoms with Crippen LogP contribution >= 0.6 is 15.9 Å². The fourth-order valence-electron chi connectivity index (χ4n) is 1.86. The van der Waals surface area contributed by atoms with Gasteiger partial charge in [-0.05, 0) is 42.5 Å². The molecular formula is C16H14BrNO4. The first-order chi connectivity index (χ1) is 10.5. The Morgan fingerprint density at radius 2 is 1.73 bits per heavy atom. The molecule has 2 aromatic rings. The average molecular weight is 364 g/mol. The minimum absolute atomic E-state index is 0.302. The normalized spacial score (nSPS) is 9.95. The van der Waals surface area contributed by atoms with Gasteiger partial charge in [-0.15, -0.1) is 0 Å². The van der Waals surface area contributed by atoms with Crippen LogP contribution in [0.5, 0.6) is 5.75 Å². The Balaban J connectivity index is 2.18. The average Bonchev–Trinajstić information content (AvgIpc) is 2.54. The summed E-state index contributed by atoms with van der Waals surface area (Å²) < 4.78 is 10.6. The summed E-state index contributed by atoms with van der Waals surface area (Å²) in [6.45, 7) is 0. The van der Waals surface area contributed by atoms with Gasteiger partial charge in [0, 0.05) is 10.2 Å². The zero-order valence-corrected chi connectivity index (χ0v) is 13.6. The Kier molecular flexibility index (Phi) is 5.16. The van der Waals surface area contributed by atoms with Gasteiger partial charge in [0.05, 0.1) is 25.3 Å². The van der Waals surface area contributed by atoms with E-state index in [2.05, 4.69) is 26.0 Å². The molecule has 0 unspecified atom stereocenters. The number of carbonyl (C=O) groups excluding carboxylic acids is 2. The van der Waals surface area contributed by atoms with Gasteiger partial charge in [0.1, 0.15) is 5.75 Å². The predicted molar refractivity (Wildman–Crippen MR) is 86.4 cm³/mol. The van der Waals surface area contributed by atoms with Gasteiger partial charge in [0.25, 0.3) is 5.91 Å². The van der Waals surface area contributed by atoms with Crippen LogP contribution in [-0.2, 0) is 4.74 Å². The Labute approximate surface area is 136 Å². The van der Waals surface area contributed by atoms with E-state index in [1.165, 1.54) is 14.2 Å². The molecule has 2 rings (SSSR count). The predicted octanol–water partition coefficient (Wildman–Crippen LogP) is 3.50. The molecule has 114 valence electrons. The van der Waals surface area contributed by atoms with Crippen molar-refractivity contribution < 1.29 is 19.1 Å². The monoisotopic (exact) mass is 363 g/mol. The molecule has 0 aliphatic heterocycles. The minimum Gasteiger partial charge on any atom is -0.496 e. The minimum atomic E-state index is -0.425. The van der Waals surface area contributed by atoms with Gasteiger partial charge < -0.3 is 14.8 Å². The molecule has 0 radical (unpaired) electrons. The number of methoxy groups -OCH3 is 2. The molecule has 5 nitrogen and oxygen atoms in total. The van der Waals surface area contributed by atoms with Crippen LogP contribution in [0, 0.1) is 0 Å². The zero-order chi connectivity index (χ0) is 16.1. The van der Waals surface area contributed by atoms with Crippen LogP contribution in [0.4, 0.5) is 5.69 Å². The number of nitrogens with one attached hydrogen (secondary N) is 1. The van der Waals surface area contributed by atoms with E-state index in [-0.39, 0.29) is 5.91 Å². The lowest BCUT2D eigenvalue weighted by Gasteiger charge is -2.10. The summed E-state index contributed by atoms with van der Waals surface area (Å²) in [4.78, 5) is 23.7. The number of esters is 1. The molecule has 0 spiro atoms. The van der Waals surface area contributed by atoms with Gasteiger partial charge in [0.15, 0.2) is 0 Å². The molecule has 0 bridgehead atoms.